The quantitative estimate of drug-likeness (QED) is 0.923. The van der Waals surface area contributed by atoms with E-state index < -0.39 is 15.6 Å². The number of aromatic nitrogens is 1. The normalized spacial score (nSPS) is 20.0. The standard InChI is InChI=1S/C15H21N3O2S/c1-15(2)11-17(9-10-18(15)21(3,19)20)14-6-4-5-13-12(14)7-8-16-13/h4-8,16H,9-11H2,1-3H3. The summed E-state index contributed by atoms with van der Waals surface area (Å²) in [6.45, 7) is 5.88. The van der Waals surface area contributed by atoms with Gasteiger partial charge in [0.2, 0.25) is 10.0 Å². The van der Waals surface area contributed by atoms with Crippen LogP contribution in [0.4, 0.5) is 5.69 Å². The maximum absolute atomic E-state index is 11.9. The van der Waals surface area contributed by atoms with Crippen LogP contribution in [0.2, 0.25) is 0 Å². The lowest BCUT2D eigenvalue weighted by atomic mass is 10.0. The van der Waals surface area contributed by atoms with Crippen molar-refractivity contribution in [1.82, 2.24) is 9.29 Å². The Morgan fingerprint density at radius 3 is 2.62 bits per heavy atom. The van der Waals surface area contributed by atoms with Crippen LogP contribution in [0.3, 0.4) is 0 Å². The van der Waals surface area contributed by atoms with E-state index in [0.29, 0.717) is 19.6 Å². The van der Waals surface area contributed by atoms with Gasteiger partial charge in [-0.3, -0.25) is 0 Å². The van der Waals surface area contributed by atoms with Crippen LogP contribution in [0.1, 0.15) is 13.8 Å². The number of hydrogen-bond donors (Lipinski definition) is 1. The van der Waals surface area contributed by atoms with Gasteiger partial charge in [0, 0.05) is 48.0 Å². The summed E-state index contributed by atoms with van der Waals surface area (Å²) in [6, 6.07) is 8.25. The largest absolute Gasteiger partial charge is 0.368 e. The molecule has 5 nitrogen and oxygen atoms in total. The van der Waals surface area contributed by atoms with E-state index in [4.69, 9.17) is 0 Å². The predicted octanol–water partition coefficient (Wildman–Crippen LogP) is 2.03. The summed E-state index contributed by atoms with van der Waals surface area (Å²) in [4.78, 5) is 5.50. The zero-order chi connectivity index (χ0) is 15.3. The fourth-order valence-electron chi connectivity index (χ4n) is 3.30. The van der Waals surface area contributed by atoms with Crippen molar-refractivity contribution in [1.29, 1.82) is 0 Å². The van der Waals surface area contributed by atoms with E-state index in [0.717, 1.165) is 11.2 Å². The molecule has 1 aliphatic heterocycles. The lowest BCUT2D eigenvalue weighted by Crippen LogP contribution is -2.60. The van der Waals surface area contributed by atoms with Gasteiger partial charge in [-0.25, -0.2) is 8.42 Å². The Hall–Kier alpha value is -1.53. The molecule has 21 heavy (non-hydrogen) atoms. The molecule has 2 aromatic rings. The van der Waals surface area contributed by atoms with Gasteiger partial charge in [-0.15, -0.1) is 0 Å². The highest BCUT2D eigenvalue weighted by atomic mass is 32.2. The SMILES string of the molecule is CC1(C)CN(c2cccc3[nH]ccc23)CCN1S(C)(=O)=O. The van der Waals surface area contributed by atoms with E-state index in [2.05, 4.69) is 28.1 Å². The van der Waals surface area contributed by atoms with Gasteiger partial charge >= 0.3 is 0 Å². The van der Waals surface area contributed by atoms with Gasteiger partial charge in [-0.05, 0) is 32.0 Å². The van der Waals surface area contributed by atoms with Crippen LogP contribution in [0.25, 0.3) is 10.9 Å². The fraction of sp³-hybridized carbons (Fsp3) is 0.467. The molecule has 1 N–H and O–H groups in total. The molecule has 0 bridgehead atoms. The minimum absolute atomic E-state index is 0.412. The first-order valence-electron chi connectivity index (χ1n) is 7.08. The Bertz CT molecular complexity index is 764. The zero-order valence-electron chi connectivity index (χ0n) is 12.6. The van der Waals surface area contributed by atoms with E-state index in [9.17, 15) is 8.42 Å². The van der Waals surface area contributed by atoms with Crippen molar-refractivity contribution in [2.75, 3.05) is 30.8 Å². The van der Waals surface area contributed by atoms with Crippen molar-refractivity contribution in [2.45, 2.75) is 19.4 Å². The van der Waals surface area contributed by atoms with Crippen LogP contribution in [0.5, 0.6) is 0 Å². The Morgan fingerprint density at radius 2 is 1.95 bits per heavy atom. The highest BCUT2D eigenvalue weighted by molar-refractivity contribution is 7.88. The van der Waals surface area contributed by atoms with E-state index in [1.54, 1.807) is 4.31 Å². The molecule has 1 aliphatic rings. The molecule has 3 rings (SSSR count). The summed E-state index contributed by atoms with van der Waals surface area (Å²) < 4.78 is 25.4. The number of nitrogens with one attached hydrogen (secondary N) is 1. The maximum atomic E-state index is 11.9. The molecule has 2 heterocycles. The lowest BCUT2D eigenvalue weighted by Gasteiger charge is -2.46. The minimum atomic E-state index is -3.17. The minimum Gasteiger partial charge on any atom is -0.368 e. The molecule has 114 valence electrons. The van der Waals surface area contributed by atoms with Gasteiger partial charge in [0.1, 0.15) is 0 Å². The second kappa shape index (κ2) is 4.74. The van der Waals surface area contributed by atoms with E-state index in [1.807, 2.05) is 26.1 Å². The monoisotopic (exact) mass is 307 g/mol. The number of benzene rings is 1. The summed E-state index contributed by atoms with van der Waals surface area (Å²) >= 11 is 0. The highest BCUT2D eigenvalue weighted by Gasteiger charge is 2.39. The number of sulfonamides is 1. The third kappa shape index (κ3) is 2.53. The number of fused-ring (bicyclic) bond motifs is 1. The first kappa shape index (κ1) is 14.4. The van der Waals surface area contributed by atoms with Gasteiger partial charge in [-0.2, -0.15) is 4.31 Å². The Kier molecular flexibility index (Phi) is 3.26. The maximum Gasteiger partial charge on any atom is 0.211 e. The first-order valence-corrected chi connectivity index (χ1v) is 8.93. The highest BCUT2D eigenvalue weighted by Crippen LogP contribution is 2.31. The predicted molar refractivity (Wildman–Crippen MR) is 86.1 cm³/mol. The smallest absolute Gasteiger partial charge is 0.211 e. The van der Waals surface area contributed by atoms with Gasteiger partial charge in [-0.1, -0.05) is 6.07 Å². The zero-order valence-corrected chi connectivity index (χ0v) is 13.4. The van der Waals surface area contributed by atoms with Crippen molar-refractivity contribution < 1.29 is 8.42 Å². The molecule has 1 aromatic carbocycles. The van der Waals surface area contributed by atoms with Crippen LogP contribution in [0, 0.1) is 0 Å². The molecule has 0 saturated carbocycles. The number of anilines is 1. The van der Waals surface area contributed by atoms with Crippen molar-refractivity contribution in [2.24, 2.45) is 0 Å². The molecule has 1 aromatic heterocycles. The van der Waals surface area contributed by atoms with Crippen LogP contribution in [-0.4, -0.2) is 49.1 Å². The number of H-pyrrole nitrogens is 1. The van der Waals surface area contributed by atoms with Crippen molar-refractivity contribution in [3.8, 4) is 0 Å². The molecule has 0 spiro atoms. The van der Waals surface area contributed by atoms with Crippen LogP contribution < -0.4 is 4.90 Å². The molecule has 1 saturated heterocycles. The van der Waals surface area contributed by atoms with E-state index in [-0.39, 0.29) is 0 Å². The molecular formula is C15H21N3O2S. The van der Waals surface area contributed by atoms with E-state index in [1.165, 1.54) is 11.6 Å². The van der Waals surface area contributed by atoms with Gasteiger partial charge in [0.15, 0.2) is 0 Å². The third-order valence-corrected chi connectivity index (χ3v) is 5.62. The van der Waals surface area contributed by atoms with Crippen LogP contribution in [-0.2, 0) is 10.0 Å². The molecular weight excluding hydrogens is 286 g/mol. The van der Waals surface area contributed by atoms with Gasteiger partial charge < -0.3 is 9.88 Å². The molecule has 6 heteroatoms. The average Bonchev–Trinajstić information content (AvgIpc) is 2.83. The first-order chi connectivity index (χ1) is 9.79. The fourth-order valence-corrected chi connectivity index (χ4v) is 4.67. The van der Waals surface area contributed by atoms with Crippen molar-refractivity contribution >= 4 is 26.6 Å². The molecule has 0 unspecified atom stereocenters. The molecule has 0 atom stereocenters. The Labute approximate surface area is 125 Å². The second-order valence-corrected chi connectivity index (χ2v) is 8.19. The second-order valence-electron chi connectivity index (χ2n) is 6.29. The average molecular weight is 307 g/mol. The van der Waals surface area contributed by atoms with E-state index >= 15 is 0 Å². The number of rotatable bonds is 2. The number of aromatic amines is 1. The lowest BCUT2D eigenvalue weighted by molar-refractivity contribution is 0.206. The summed E-state index contributed by atoms with van der Waals surface area (Å²) in [5.41, 5.74) is 1.86. The van der Waals surface area contributed by atoms with Gasteiger partial charge in [0.05, 0.1) is 6.26 Å². The number of nitrogens with zero attached hydrogens (tertiary/aromatic N) is 2. The summed E-state index contributed by atoms with van der Waals surface area (Å²) in [6.07, 6.45) is 3.23. The van der Waals surface area contributed by atoms with Gasteiger partial charge in [0.25, 0.3) is 0 Å². The number of piperazine rings is 1. The molecule has 0 aliphatic carbocycles. The number of hydrogen-bond acceptors (Lipinski definition) is 3. The summed E-state index contributed by atoms with van der Waals surface area (Å²) in [5.74, 6) is 0. The Morgan fingerprint density at radius 1 is 1.19 bits per heavy atom. The van der Waals surface area contributed by atoms with Crippen molar-refractivity contribution in [3.63, 3.8) is 0 Å². The molecule has 0 radical (unpaired) electrons. The summed E-state index contributed by atoms with van der Waals surface area (Å²) in [7, 11) is -3.17. The topological polar surface area (TPSA) is 56.4 Å². The van der Waals surface area contributed by atoms with Crippen LogP contribution in [0.15, 0.2) is 30.5 Å². The van der Waals surface area contributed by atoms with Crippen molar-refractivity contribution in [3.05, 3.63) is 30.5 Å². The third-order valence-electron chi connectivity index (χ3n) is 4.14. The molecule has 0 amide bonds. The summed E-state index contributed by atoms with van der Waals surface area (Å²) in [5, 5.41) is 1.18. The molecule has 1 fully saturated rings. The Balaban J connectivity index is 1.95. The van der Waals surface area contributed by atoms with Crippen LogP contribution >= 0.6 is 0 Å².